The summed E-state index contributed by atoms with van der Waals surface area (Å²) in [5.74, 6) is 1.97. The van der Waals surface area contributed by atoms with E-state index in [0.717, 1.165) is 18.2 Å². The number of rotatable bonds is 6. The molecule has 1 saturated carbocycles. The molecule has 0 unspecified atom stereocenters. The van der Waals surface area contributed by atoms with Gasteiger partial charge in [-0.3, -0.25) is 4.79 Å². The fourth-order valence-corrected chi connectivity index (χ4v) is 4.54. The van der Waals surface area contributed by atoms with Gasteiger partial charge in [0.05, 0.1) is 12.4 Å². The Morgan fingerprint density at radius 3 is 2.86 bits per heavy atom. The molecule has 4 rings (SSSR count). The van der Waals surface area contributed by atoms with Crippen LogP contribution in [0, 0.1) is 0 Å². The van der Waals surface area contributed by atoms with E-state index in [0.29, 0.717) is 34.1 Å². The molecular formula is C21H26N4O3S. The maximum atomic E-state index is 12.6. The normalized spacial score (nSPS) is 16.1. The number of furan rings is 1. The number of ether oxygens (including phenoxy) is 1. The van der Waals surface area contributed by atoms with Crippen molar-refractivity contribution in [3.05, 3.63) is 24.3 Å². The van der Waals surface area contributed by atoms with Crippen molar-refractivity contribution < 1.29 is 13.9 Å². The van der Waals surface area contributed by atoms with Crippen molar-refractivity contribution >= 4 is 28.6 Å². The van der Waals surface area contributed by atoms with Crippen molar-refractivity contribution in [2.24, 2.45) is 7.05 Å². The smallest absolute Gasteiger partial charge is 0.233 e. The Labute approximate surface area is 174 Å². The number of hydrogen-bond donors (Lipinski definition) is 1. The lowest BCUT2D eigenvalue weighted by molar-refractivity contribution is -0.121. The maximum Gasteiger partial charge on any atom is 0.233 e. The Morgan fingerprint density at radius 2 is 2.10 bits per heavy atom. The van der Waals surface area contributed by atoms with Crippen LogP contribution in [0.1, 0.15) is 39.0 Å². The largest absolute Gasteiger partial charge is 0.493 e. The molecule has 1 N–H and O–H groups in total. The molecule has 0 bridgehead atoms. The average Bonchev–Trinajstić information content (AvgIpc) is 3.32. The van der Waals surface area contributed by atoms with Crippen LogP contribution in [-0.2, 0) is 11.8 Å². The molecule has 0 radical (unpaired) electrons. The quantitative estimate of drug-likeness (QED) is 0.610. The zero-order chi connectivity index (χ0) is 20.4. The molecule has 3 aromatic rings. The van der Waals surface area contributed by atoms with Gasteiger partial charge in [0.1, 0.15) is 0 Å². The Kier molecular flexibility index (Phi) is 5.80. The van der Waals surface area contributed by atoms with Crippen LogP contribution in [-0.4, -0.2) is 39.1 Å². The van der Waals surface area contributed by atoms with E-state index in [-0.39, 0.29) is 11.2 Å². The van der Waals surface area contributed by atoms with Crippen molar-refractivity contribution in [1.29, 1.82) is 0 Å². The first-order chi connectivity index (χ1) is 14.1. The number of nitrogens with zero attached hydrogens (tertiary/aromatic N) is 3. The second-order valence-electron chi connectivity index (χ2n) is 7.46. The lowest BCUT2D eigenvalue weighted by Gasteiger charge is -2.24. The van der Waals surface area contributed by atoms with Gasteiger partial charge in [0.25, 0.3) is 0 Å². The van der Waals surface area contributed by atoms with Crippen LogP contribution in [0.15, 0.2) is 33.8 Å². The van der Waals surface area contributed by atoms with Gasteiger partial charge in [-0.15, -0.1) is 10.2 Å². The summed E-state index contributed by atoms with van der Waals surface area (Å²) >= 11 is 1.41. The highest BCUT2D eigenvalue weighted by Gasteiger charge is 2.23. The number of benzene rings is 1. The number of nitrogens with one attached hydrogen (secondary N) is 1. The summed E-state index contributed by atoms with van der Waals surface area (Å²) in [4.78, 5) is 12.6. The monoisotopic (exact) mass is 414 g/mol. The number of carbonyl (C=O) groups is 1. The molecule has 1 amide bonds. The minimum atomic E-state index is -0.247. The highest BCUT2D eigenvalue weighted by molar-refractivity contribution is 8.00. The third-order valence-electron chi connectivity index (χ3n) is 5.39. The van der Waals surface area contributed by atoms with Crippen LogP contribution in [0.3, 0.4) is 0 Å². The third kappa shape index (κ3) is 4.12. The van der Waals surface area contributed by atoms with Crippen molar-refractivity contribution in [2.75, 3.05) is 7.11 Å². The van der Waals surface area contributed by atoms with E-state index in [2.05, 4.69) is 15.5 Å². The molecule has 8 heteroatoms. The lowest BCUT2D eigenvalue weighted by Crippen LogP contribution is -2.40. The predicted molar refractivity (Wildman–Crippen MR) is 113 cm³/mol. The number of carbonyl (C=O) groups excluding carboxylic acids is 1. The van der Waals surface area contributed by atoms with E-state index in [1.54, 1.807) is 7.11 Å². The van der Waals surface area contributed by atoms with Crippen molar-refractivity contribution in [1.82, 2.24) is 20.1 Å². The summed E-state index contributed by atoms with van der Waals surface area (Å²) in [6, 6.07) is 7.98. The maximum absolute atomic E-state index is 12.6. The van der Waals surface area contributed by atoms with Gasteiger partial charge < -0.3 is 19.0 Å². The van der Waals surface area contributed by atoms with Gasteiger partial charge in [0.15, 0.2) is 28.1 Å². The number of thioether (sulfide) groups is 1. The fraction of sp³-hybridized carbons (Fsp3) is 0.476. The molecule has 0 aliphatic heterocycles. The number of para-hydroxylation sites is 1. The molecule has 1 aromatic carbocycles. The highest BCUT2D eigenvalue weighted by atomic mass is 32.2. The summed E-state index contributed by atoms with van der Waals surface area (Å²) in [7, 11) is 3.50. The van der Waals surface area contributed by atoms with Crippen LogP contribution in [0.5, 0.6) is 5.75 Å². The number of fused-ring (bicyclic) bond motifs is 1. The van der Waals surface area contributed by atoms with Gasteiger partial charge in [-0.1, -0.05) is 43.2 Å². The Balaban J connectivity index is 1.49. The topological polar surface area (TPSA) is 82.2 Å². The van der Waals surface area contributed by atoms with Crippen LogP contribution >= 0.6 is 11.8 Å². The summed E-state index contributed by atoms with van der Waals surface area (Å²) in [6.07, 6.45) is 5.81. The number of aromatic nitrogens is 3. The molecule has 29 heavy (non-hydrogen) atoms. The molecule has 0 saturated heterocycles. The van der Waals surface area contributed by atoms with Crippen molar-refractivity contribution in [3.8, 4) is 17.3 Å². The summed E-state index contributed by atoms with van der Waals surface area (Å²) in [5.41, 5.74) is 0.683. The van der Waals surface area contributed by atoms with E-state index in [1.165, 1.54) is 31.0 Å². The molecular weight excluding hydrogens is 388 g/mol. The van der Waals surface area contributed by atoms with Crippen LogP contribution < -0.4 is 10.1 Å². The first kappa shape index (κ1) is 19.8. The molecule has 2 heterocycles. The van der Waals surface area contributed by atoms with Gasteiger partial charge in [0, 0.05) is 18.5 Å². The van der Waals surface area contributed by atoms with E-state index < -0.39 is 0 Å². The van der Waals surface area contributed by atoms with Gasteiger partial charge in [-0.2, -0.15) is 0 Å². The molecule has 154 valence electrons. The Hall–Kier alpha value is -2.48. The van der Waals surface area contributed by atoms with Gasteiger partial charge in [0.2, 0.25) is 5.91 Å². The van der Waals surface area contributed by atoms with Crippen molar-refractivity contribution in [2.45, 2.75) is 55.5 Å². The van der Waals surface area contributed by atoms with Crippen LogP contribution in [0.25, 0.3) is 22.6 Å². The van der Waals surface area contributed by atoms with Gasteiger partial charge >= 0.3 is 0 Å². The first-order valence-electron chi connectivity index (χ1n) is 10.00. The number of hydrogen-bond acceptors (Lipinski definition) is 6. The third-order valence-corrected chi connectivity index (χ3v) is 6.52. The van der Waals surface area contributed by atoms with E-state index in [1.807, 2.05) is 42.8 Å². The van der Waals surface area contributed by atoms with Gasteiger partial charge in [-0.25, -0.2) is 0 Å². The fourth-order valence-electron chi connectivity index (χ4n) is 3.72. The number of methoxy groups -OCH3 is 1. The second-order valence-corrected chi connectivity index (χ2v) is 8.77. The number of amides is 1. The van der Waals surface area contributed by atoms with E-state index in [9.17, 15) is 4.79 Å². The Morgan fingerprint density at radius 1 is 1.31 bits per heavy atom. The molecule has 2 aromatic heterocycles. The Bertz CT molecular complexity index is 1010. The zero-order valence-corrected chi connectivity index (χ0v) is 17.8. The highest BCUT2D eigenvalue weighted by Crippen LogP contribution is 2.34. The molecule has 1 aliphatic rings. The summed E-state index contributed by atoms with van der Waals surface area (Å²) < 4.78 is 13.2. The molecule has 0 spiro atoms. The molecule has 7 nitrogen and oxygen atoms in total. The van der Waals surface area contributed by atoms with E-state index in [4.69, 9.17) is 9.15 Å². The van der Waals surface area contributed by atoms with Crippen LogP contribution in [0.2, 0.25) is 0 Å². The minimum absolute atomic E-state index is 0.0555. The minimum Gasteiger partial charge on any atom is -0.493 e. The predicted octanol–water partition coefficient (Wildman–Crippen LogP) is 4.17. The average molecular weight is 415 g/mol. The molecule has 1 atom stereocenters. The van der Waals surface area contributed by atoms with Crippen molar-refractivity contribution in [3.63, 3.8) is 0 Å². The lowest BCUT2D eigenvalue weighted by atomic mass is 9.95. The van der Waals surface area contributed by atoms with Gasteiger partial charge in [-0.05, 0) is 31.9 Å². The molecule has 1 fully saturated rings. The first-order valence-corrected chi connectivity index (χ1v) is 10.9. The van der Waals surface area contributed by atoms with E-state index >= 15 is 0 Å². The standard InChI is InChI=1S/C21H26N4O3S/c1-13(20(26)22-15-9-5-4-6-10-15)29-21-24-23-19(25(21)2)17-12-14-8-7-11-16(27-3)18(14)28-17/h7-8,11-13,15H,4-6,9-10H2,1-3H3,(H,22,26)/t13-/m0/s1. The summed E-state index contributed by atoms with van der Waals surface area (Å²) in [5, 5.41) is 13.1. The van der Waals surface area contributed by atoms with Crippen LogP contribution in [0.4, 0.5) is 0 Å². The molecule has 1 aliphatic carbocycles. The SMILES string of the molecule is COc1cccc2cc(-c3nnc(S[C@@H](C)C(=O)NC4CCCCC4)n3C)oc12. The second kappa shape index (κ2) is 8.49. The summed E-state index contributed by atoms with van der Waals surface area (Å²) in [6.45, 7) is 1.91. The zero-order valence-electron chi connectivity index (χ0n) is 17.0.